The Morgan fingerprint density at radius 3 is 2.62 bits per heavy atom. The minimum absolute atomic E-state index is 0.00728. The Balaban J connectivity index is 1.40. The van der Waals surface area contributed by atoms with Crippen LogP contribution < -0.4 is 10.1 Å². The standard InChI is InChI=1S/C26H32N4O3S/c1-4-30-24(20-7-5-6-19(2)16-20)28-29-25(30)34-17-23(31)27-18-26(12-14-33-15-13-26)21-8-10-22(32-3)11-9-21/h5-11,16H,4,12-15,17-18H2,1-3H3,(H,27,31). The summed E-state index contributed by atoms with van der Waals surface area (Å²) in [5.74, 6) is 1.94. The number of hydrogen-bond donors (Lipinski definition) is 1. The molecule has 0 bridgehead atoms. The fraction of sp³-hybridized carbons (Fsp3) is 0.423. The van der Waals surface area contributed by atoms with E-state index in [-0.39, 0.29) is 11.3 Å². The second-order valence-electron chi connectivity index (χ2n) is 8.61. The van der Waals surface area contributed by atoms with Crippen LogP contribution in [0.4, 0.5) is 0 Å². The van der Waals surface area contributed by atoms with Gasteiger partial charge in [-0.3, -0.25) is 4.79 Å². The van der Waals surface area contributed by atoms with Crippen molar-refractivity contribution in [2.24, 2.45) is 0 Å². The summed E-state index contributed by atoms with van der Waals surface area (Å²) in [6, 6.07) is 16.4. The summed E-state index contributed by atoms with van der Waals surface area (Å²) >= 11 is 1.42. The van der Waals surface area contributed by atoms with Crippen LogP contribution in [0.25, 0.3) is 11.4 Å². The summed E-state index contributed by atoms with van der Waals surface area (Å²) in [6.07, 6.45) is 1.74. The molecule has 1 amide bonds. The van der Waals surface area contributed by atoms with E-state index in [0.717, 1.165) is 41.7 Å². The van der Waals surface area contributed by atoms with E-state index in [1.165, 1.54) is 22.9 Å². The monoisotopic (exact) mass is 480 g/mol. The Hall–Kier alpha value is -2.84. The molecule has 2 heterocycles. The zero-order valence-corrected chi connectivity index (χ0v) is 20.9. The van der Waals surface area contributed by atoms with Crippen molar-refractivity contribution in [3.63, 3.8) is 0 Å². The molecule has 34 heavy (non-hydrogen) atoms. The fourth-order valence-electron chi connectivity index (χ4n) is 4.40. The highest BCUT2D eigenvalue weighted by Gasteiger charge is 2.35. The van der Waals surface area contributed by atoms with Crippen molar-refractivity contribution in [3.8, 4) is 17.1 Å². The first-order valence-electron chi connectivity index (χ1n) is 11.7. The van der Waals surface area contributed by atoms with E-state index in [2.05, 4.69) is 58.2 Å². The summed E-state index contributed by atoms with van der Waals surface area (Å²) in [4.78, 5) is 12.8. The first kappa shape index (κ1) is 24.3. The highest BCUT2D eigenvalue weighted by atomic mass is 32.2. The van der Waals surface area contributed by atoms with Gasteiger partial charge in [-0.1, -0.05) is 47.7 Å². The molecule has 0 aliphatic carbocycles. The second-order valence-corrected chi connectivity index (χ2v) is 9.55. The lowest BCUT2D eigenvalue weighted by Gasteiger charge is -2.38. The predicted molar refractivity (Wildman–Crippen MR) is 134 cm³/mol. The van der Waals surface area contributed by atoms with Gasteiger partial charge in [0.15, 0.2) is 11.0 Å². The molecule has 7 nitrogen and oxygen atoms in total. The number of aromatic nitrogens is 3. The van der Waals surface area contributed by atoms with E-state index in [9.17, 15) is 4.79 Å². The van der Waals surface area contributed by atoms with Crippen molar-refractivity contribution in [3.05, 3.63) is 59.7 Å². The number of rotatable bonds is 9. The van der Waals surface area contributed by atoms with Crippen LogP contribution in [0.15, 0.2) is 53.7 Å². The Morgan fingerprint density at radius 1 is 1.18 bits per heavy atom. The summed E-state index contributed by atoms with van der Waals surface area (Å²) < 4.78 is 13.0. The van der Waals surface area contributed by atoms with E-state index in [1.54, 1.807) is 7.11 Å². The van der Waals surface area contributed by atoms with Gasteiger partial charge in [-0.25, -0.2) is 0 Å². The lowest BCUT2D eigenvalue weighted by Crippen LogP contribution is -2.45. The van der Waals surface area contributed by atoms with Gasteiger partial charge < -0.3 is 19.4 Å². The molecule has 8 heteroatoms. The SMILES string of the molecule is CCn1c(SCC(=O)NCC2(c3ccc(OC)cc3)CCOCC2)nnc1-c1cccc(C)c1. The number of nitrogens with one attached hydrogen (secondary N) is 1. The van der Waals surface area contributed by atoms with E-state index in [0.29, 0.717) is 25.5 Å². The average molecular weight is 481 g/mol. The van der Waals surface area contributed by atoms with Crippen LogP contribution in [-0.4, -0.2) is 53.3 Å². The molecule has 1 fully saturated rings. The molecule has 0 atom stereocenters. The number of ether oxygens (including phenoxy) is 2. The number of carbonyl (C=O) groups is 1. The number of nitrogens with zero attached hydrogens (tertiary/aromatic N) is 3. The van der Waals surface area contributed by atoms with Crippen molar-refractivity contribution in [2.45, 2.75) is 43.8 Å². The van der Waals surface area contributed by atoms with Gasteiger partial charge >= 0.3 is 0 Å². The van der Waals surface area contributed by atoms with Gasteiger partial charge in [0, 0.05) is 37.3 Å². The molecule has 1 aliphatic heterocycles. The average Bonchev–Trinajstić information content (AvgIpc) is 3.30. The molecule has 0 radical (unpaired) electrons. The van der Waals surface area contributed by atoms with Crippen LogP contribution in [-0.2, 0) is 21.5 Å². The summed E-state index contributed by atoms with van der Waals surface area (Å²) in [5, 5.41) is 12.7. The molecule has 0 spiro atoms. The van der Waals surface area contributed by atoms with Crippen LogP contribution in [0.1, 0.15) is 30.9 Å². The number of methoxy groups -OCH3 is 1. The Morgan fingerprint density at radius 2 is 1.94 bits per heavy atom. The number of thioether (sulfide) groups is 1. The third-order valence-electron chi connectivity index (χ3n) is 6.42. The Bertz CT molecular complexity index is 1110. The van der Waals surface area contributed by atoms with Crippen LogP contribution in [0, 0.1) is 6.92 Å². The van der Waals surface area contributed by atoms with Crippen molar-refractivity contribution in [1.82, 2.24) is 20.1 Å². The zero-order chi connectivity index (χ0) is 24.0. The number of carbonyl (C=O) groups excluding carboxylic acids is 1. The minimum atomic E-state index is -0.132. The lowest BCUT2D eigenvalue weighted by atomic mass is 9.74. The molecule has 0 unspecified atom stereocenters. The minimum Gasteiger partial charge on any atom is -0.497 e. The molecular weight excluding hydrogens is 448 g/mol. The Kier molecular flexibility index (Phi) is 7.90. The topological polar surface area (TPSA) is 78.3 Å². The van der Waals surface area contributed by atoms with Gasteiger partial charge in [0.2, 0.25) is 5.91 Å². The Labute approximate surface area is 205 Å². The molecule has 1 saturated heterocycles. The van der Waals surface area contributed by atoms with Gasteiger partial charge in [-0.05, 0) is 50.5 Å². The number of hydrogen-bond acceptors (Lipinski definition) is 6. The van der Waals surface area contributed by atoms with Crippen LogP contribution >= 0.6 is 11.8 Å². The molecule has 1 N–H and O–H groups in total. The van der Waals surface area contributed by atoms with Gasteiger partial charge in [-0.2, -0.15) is 0 Å². The summed E-state index contributed by atoms with van der Waals surface area (Å²) in [6.45, 7) is 6.83. The van der Waals surface area contributed by atoms with Crippen molar-refractivity contribution >= 4 is 17.7 Å². The fourth-order valence-corrected chi connectivity index (χ4v) is 5.23. The largest absolute Gasteiger partial charge is 0.497 e. The predicted octanol–water partition coefficient (Wildman–Crippen LogP) is 4.24. The highest BCUT2D eigenvalue weighted by Crippen LogP contribution is 2.35. The molecule has 1 aromatic heterocycles. The normalized spacial score (nSPS) is 15.1. The first-order valence-corrected chi connectivity index (χ1v) is 12.7. The first-order chi connectivity index (χ1) is 16.5. The number of amides is 1. The third-order valence-corrected chi connectivity index (χ3v) is 7.38. The molecule has 4 rings (SSSR count). The summed E-state index contributed by atoms with van der Waals surface area (Å²) in [7, 11) is 1.67. The molecule has 180 valence electrons. The van der Waals surface area contributed by atoms with Crippen molar-refractivity contribution in [2.75, 3.05) is 32.6 Å². The van der Waals surface area contributed by atoms with E-state index in [4.69, 9.17) is 9.47 Å². The number of aryl methyl sites for hydroxylation is 1. The smallest absolute Gasteiger partial charge is 0.230 e. The van der Waals surface area contributed by atoms with Gasteiger partial charge in [0.25, 0.3) is 0 Å². The molecule has 0 saturated carbocycles. The van der Waals surface area contributed by atoms with Crippen molar-refractivity contribution in [1.29, 1.82) is 0 Å². The maximum atomic E-state index is 12.8. The molecule has 2 aromatic carbocycles. The zero-order valence-electron chi connectivity index (χ0n) is 20.0. The quantitative estimate of drug-likeness (QED) is 0.462. The third kappa shape index (κ3) is 5.45. The van der Waals surface area contributed by atoms with Crippen LogP contribution in [0.5, 0.6) is 5.75 Å². The van der Waals surface area contributed by atoms with Gasteiger partial charge in [0.05, 0.1) is 12.9 Å². The van der Waals surface area contributed by atoms with E-state index in [1.807, 2.05) is 24.3 Å². The lowest BCUT2D eigenvalue weighted by molar-refractivity contribution is -0.119. The van der Waals surface area contributed by atoms with Crippen LogP contribution in [0.2, 0.25) is 0 Å². The van der Waals surface area contributed by atoms with E-state index >= 15 is 0 Å². The second kappa shape index (κ2) is 11.1. The van der Waals surface area contributed by atoms with Crippen molar-refractivity contribution < 1.29 is 14.3 Å². The van der Waals surface area contributed by atoms with Gasteiger partial charge in [-0.15, -0.1) is 10.2 Å². The molecule has 3 aromatic rings. The molecule has 1 aliphatic rings. The maximum absolute atomic E-state index is 12.8. The number of benzene rings is 2. The molecular formula is C26H32N4O3S. The van der Waals surface area contributed by atoms with Crippen LogP contribution in [0.3, 0.4) is 0 Å². The van der Waals surface area contributed by atoms with E-state index < -0.39 is 0 Å². The summed E-state index contributed by atoms with van der Waals surface area (Å²) in [5.41, 5.74) is 3.28. The highest BCUT2D eigenvalue weighted by molar-refractivity contribution is 7.99. The maximum Gasteiger partial charge on any atom is 0.230 e. The van der Waals surface area contributed by atoms with Gasteiger partial charge in [0.1, 0.15) is 5.75 Å².